The average molecular weight is 280 g/mol. The lowest BCUT2D eigenvalue weighted by Crippen LogP contribution is -2.59. The number of amides is 3. The molecule has 0 aromatic heterocycles. The van der Waals surface area contributed by atoms with E-state index >= 15 is 0 Å². The lowest BCUT2D eigenvalue weighted by atomic mass is 9.77. The molecule has 0 spiro atoms. The number of fused-ring (bicyclic) bond motifs is 1. The van der Waals surface area contributed by atoms with Crippen LogP contribution in [0, 0.1) is 5.41 Å². The summed E-state index contributed by atoms with van der Waals surface area (Å²) in [5, 5.41) is 6.24. The Balaban J connectivity index is 1.69. The number of hydrogen-bond donors (Lipinski definition) is 2. The zero-order chi connectivity index (χ0) is 14.2. The first kappa shape index (κ1) is 13.7. The van der Waals surface area contributed by atoms with E-state index in [1.54, 1.807) is 0 Å². The third kappa shape index (κ3) is 2.16. The van der Waals surface area contributed by atoms with Gasteiger partial charge in [0.15, 0.2) is 0 Å². The van der Waals surface area contributed by atoms with E-state index in [0.29, 0.717) is 26.2 Å². The second-order valence-corrected chi connectivity index (χ2v) is 6.20. The molecule has 2 atom stereocenters. The van der Waals surface area contributed by atoms with Crippen molar-refractivity contribution in [2.24, 2.45) is 5.41 Å². The van der Waals surface area contributed by atoms with Gasteiger partial charge in [-0.1, -0.05) is 6.92 Å². The topological polar surface area (TPSA) is 64.7 Å². The summed E-state index contributed by atoms with van der Waals surface area (Å²) in [6.45, 7) is 6.61. The Bertz CT molecular complexity index is 406. The standard InChI is InChI=1S/C14H24N4O2/c1-2-14(4-3-5-15-10-14)12(19)17-6-7-18-11(9-17)8-16-13(18)20/h11,15H,2-10H2,1H3,(H,16,20). The molecule has 3 saturated heterocycles. The molecule has 3 amide bonds. The number of carbonyl (C=O) groups excluding carboxylic acids is 2. The van der Waals surface area contributed by atoms with Crippen LogP contribution in [0.1, 0.15) is 26.2 Å². The lowest BCUT2D eigenvalue weighted by Gasteiger charge is -2.43. The molecule has 2 unspecified atom stereocenters. The maximum atomic E-state index is 12.9. The van der Waals surface area contributed by atoms with E-state index in [0.717, 1.165) is 32.4 Å². The summed E-state index contributed by atoms with van der Waals surface area (Å²) in [5.74, 6) is 0.284. The summed E-state index contributed by atoms with van der Waals surface area (Å²) in [4.78, 5) is 28.4. The van der Waals surface area contributed by atoms with Crippen LogP contribution in [0.5, 0.6) is 0 Å². The maximum absolute atomic E-state index is 12.9. The fourth-order valence-electron chi connectivity index (χ4n) is 3.73. The van der Waals surface area contributed by atoms with Crippen molar-refractivity contribution in [3.05, 3.63) is 0 Å². The Hall–Kier alpha value is -1.30. The van der Waals surface area contributed by atoms with Gasteiger partial charge >= 0.3 is 6.03 Å². The molecule has 20 heavy (non-hydrogen) atoms. The first-order chi connectivity index (χ1) is 9.66. The monoisotopic (exact) mass is 280 g/mol. The zero-order valence-corrected chi connectivity index (χ0v) is 12.2. The lowest BCUT2D eigenvalue weighted by molar-refractivity contribution is -0.145. The highest BCUT2D eigenvalue weighted by atomic mass is 16.2. The highest BCUT2D eigenvalue weighted by Gasteiger charge is 2.44. The zero-order valence-electron chi connectivity index (χ0n) is 12.2. The van der Waals surface area contributed by atoms with Gasteiger partial charge in [-0.2, -0.15) is 0 Å². The molecule has 3 rings (SSSR count). The summed E-state index contributed by atoms with van der Waals surface area (Å²) in [5.41, 5.74) is -0.226. The van der Waals surface area contributed by atoms with Gasteiger partial charge in [-0.3, -0.25) is 4.79 Å². The van der Waals surface area contributed by atoms with Crippen LogP contribution in [0.25, 0.3) is 0 Å². The molecule has 0 aromatic rings. The number of urea groups is 1. The van der Waals surface area contributed by atoms with Gasteiger partial charge in [-0.15, -0.1) is 0 Å². The highest BCUT2D eigenvalue weighted by Crippen LogP contribution is 2.33. The Morgan fingerprint density at radius 2 is 2.30 bits per heavy atom. The minimum Gasteiger partial charge on any atom is -0.338 e. The average Bonchev–Trinajstić information content (AvgIpc) is 2.88. The highest BCUT2D eigenvalue weighted by molar-refractivity contribution is 5.84. The molecule has 3 heterocycles. The summed E-state index contributed by atoms with van der Waals surface area (Å²) >= 11 is 0. The molecule has 2 N–H and O–H groups in total. The third-order valence-corrected chi connectivity index (χ3v) is 5.12. The van der Waals surface area contributed by atoms with Crippen molar-refractivity contribution in [3.63, 3.8) is 0 Å². The fraction of sp³-hybridized carbons (Fsp3) is 0.857. The van der Waals surface area contributed by atoms with Gasteiger partial charge in [0.2, 0.25) is 5.91 Å². The van der Waals surface area contributed by atoms with Crippen molar-refractivity contribution < 1.29 is 9.59 Å². The minimum absolute atomic E-state index is 0.0200. The van der Waals surface area contributed by atoms with Crippen LogP contribution in [0.4, 0.5) is 4.79 Å². The van der Waals surface area contributed by atoms with Gasteiger partial charge < -0.3 is 20.4 Å². The molecule has 0 bridgehead atoms. The van der Waals surface area contributed by atoms with Crippen molar-refractivity contribution in [1.82, 2.24) is 20.4 Å². The van der Waals surface area contributed by atoms with Gasteiger partial charge in [0.05, 0.1) is 11.5 Å². The van der Waals surface area contributed by atoms with Crippen molar-refractivity contribution >= 4 is 11.9 Å². The number of carbonyl (C=O) groups is 2. The fourth-order valence-corrected chi connectivity index (χ4v) is 3.73. The van der Waals surface area contributed by atoms with Crippen molar-refractivity contribution in [1.29, 1.82) is 0 Å². The molecule has 0 aliphatic carbocycles. The summed E-state index contributed by atoms with van der Waals surface area (Å²) in [7, 11) is 0. The minimum atomic E-state index is -0.226. The van der Waals surface area contributed by atoms with Gasteiger partial charge in [0.1, 0.15) is 0 Å². The first-order valence-corrected chi connectivity index (χ1v) is 7.71. The van der Waals surface area contributed by atoms with Crippen LogP contribution < -0.4 is 10.6 Å². The van der Waals surface area contributed by atoms with Crippen molar-refractivity contribution in [3.8, 4) is 0 Å². The summed E-state index contributed by atoms with van der Waals surface area (Å²) in [6.07, 6.45) is 2.95. The molecule has 112 valence electrons. The Morgan fingerprint density at radius 1 is 1.45 bits per heavy atom. The normalized spacial score (nSPS) is 33.9. The molecule has 6 heteroatoms. The van der Waals surface area contributed by atoms with Crippen LogP contribution in [-0.4, -0.2) is 67.0 Å². The Labute approximate surface area is 119 Å². The quantitative estimate of drug-likeness (QED) is 0.748. The van der Waals surface area contributed by atoms with E-state index in [2.05, 4.69) is 17.6 Å². The summed E-state index contributed by atoms with van der Waals surface area (Å²) < 4.78 is 0. The predicted octanol–water partition coefficient (Wildman–Crippen LogP) is 0.00220. The SMILES string of the molecule is CCC1(C(=O)N2CCN3C(=O)NCC3C2)CCCNC1. The smallest absolute Gasteiger partial charge is 0.317 e. The molecule has 0 aromatic carbocycles. The predicted molar refractivity (Wildman–Crippen MR) is 75.3 cm³/mol. The van der Waals surface area contributed by atoms with E-state index in [4.69, 9.17) is 0 Å². The van der Waals surface area contributed by atoms with Gasteiger partial charge in [0.25, 0.3) is 0 Å². The second-order valence-electron chi connectivity index (χ2n) is 6.20. The number of nitrogens with one attached hydrogen (secondary N) is 2. The van der Waals surface area contributed by atoms with Gasteiger partial charge in [0, 0.05) is 32.7 Å². The van der Waals surface area contributed by atoms with Crippen LogP contribution in [0.2, 0.25) is 0 Å². The van der Waals surface area contributed by atoms with Crippen LogP contribution in [0.15, 0.2) is 0 Å². The molecule has 0 saturated carbocycles. The van der Waals surface area contributed by atoms with Crippen LogP contribution in [-0.2, 0) is 4.79 Å². The Kier molecular flexibility index (Phi) is 3.58. The van der Waals surface area contributed by atoms with E-state index in [9.17, 15) is 9.59 Å². The molecule has 0 radical (unpaired) electrons. The first-order valence-electron chi connectivity index (χ1n) is 7.71. The van der Waals surface area contributed by atoms with E-state index in [-0.39, 0.29) is 23.4 Å². The van der Waals surface area contributed by atoms with Crippen molar-refractivity contribution in [2.45, 2.75) is 32.2 Å². The molecular formula is C14H24N4O2. The van der Waals surface area contributed by atoms with E-state index in [1.807, 2.05) is 9.80 Å². The largest absolute Gasteiger partial charge is 0.338 e. The molecular weight excluding hydrogens is 256 g/mol. The number of nitrogens with zero attached hydrogens (tertiary/aromatic N) is 2. The molecule has 3 fully saturated rings. The number of rotatable bonds is 2. The number of piperazine rings is 1. The van der Waals surface area contributed by atoms with Gasteiger partial charge in [-0.25, -0.2) is 4.79 Å². The van der Waals surface area contributed by atoms with Crippen LogP contribution in [0.3, 0.4) is 0 Å². The van der Waals surface area contributed by atoms with Gasteiger partial charge in [-0.05, 0) is 25.8 Å². The van der Waals surface area contributed by atoms with Crippen molar-refractivity contribution in [2.75, 3.05) is 39.3 Å². The number of hydrogen-bond acceptors (Lipinski definition) is 3. The van der Waals surface area contributed by atoms with E-state index in [1.165, 1.54) is 0 Å². The Morgan fingerprint density at radius 3 is 3.00 bits per heavy atom. The third-order valence-electron chi connectivity index (χ3n) is 5.12. The molecule has 3 aliphatic heterocycles. The number of piperidine rings is 1. The van der Waals surface area contributed by atoms with E-state index < -0.39 is 0 Å². The molecule has 6 nitrogen and oxygen atoms in total. The second kappa shape index (κ2) is 5.24. The summed E-state index contributed by atoms with van der Waals surface area (Å²) in [6, 6.07) is 0.178. The molecule has 3 aliphatic rings. The van der Waals surface area contributed by atoms with Crippen LogP contribution >= 0.6 is 0 Å². The maximum Gasteiger partial charge on any atom is 0.317 e.